The summed E-state index contributed by atoms with van der Waals surface area (Å²) in [4.78, 5) is 23.2. The summed E-state index contributed by atoms with van der Waals surface area (Å²) in [5.74, 6) is -0.722. The molecule has 0 radical (unpaired) electrons. The molecule has 5 unspecified atom stereocenters. The first kappa shape index (κ1) is 23.2. The molecule has 1 aliphatic rings. The monoisotopic (exact) mass is 411 g/mol. The van der Waals surface area contributed by atoms with Crippen molar-refractivity contribution < 1.29 is 39.1 Å². The minimum absolute atomic E-state index is 0.202. The fourth-order valence-corrected chi connectivity index (χ4v) is 2.99. The van der Waals surface area contributed by atoms with Gasteiger partial charge in [-0.2, -0.15) is 0 Å². The molecule has 1 amide bonds. The molecule has 1 aromatic carbocycles. The molecule has 9 nitrogen and oxygen atoms in total. The molecule has 1 aliphatic heterocycles. The Morgan fingerprint density at radius 1 is 1.14 bits per heavy atom. The van der Waals surface area contributed by atoms with Crippen molar-refractivity contribution in [3.63, 3.8) is 0 Å². The average Bonchev–Trinajstić information content (AvgIpc) is 2.71. The maximum Gasteiger partial charge on any atom is 0.306 e. The zero-order chi connectivity index (χ0) is 21.2. The van der Waals surface area contributed by atoms with E-state index in [2.05, 4.69) is 5.32 Å². The first-order valence-corrected chi connectivity index (χ1v) is 9.63. The molecule has 0 saturated carbocycles. The van der Waals surface area contributed by atoms with Gasteiger partial charge in [0.25, 0.3) is 0 Å². The molecule has 1 heterocycles. The number of nitrogens with one attached hydrogen (secondary N) is 1. The van der Waals surface area contributed by atoms with E-state index in [1.54, 1.807) is 0 Å². The van der Waals surface area contributed by atoms with Gasteiger partial charge in [-0.15, -0.1) is 0 Å². The number of benzene rings is 1. The molecule has 162 valence electrons. The Hall–Kier alpha value is -2.04. The molecule has 0 spiro atoms. The van der Waals surface area contributed by atoms with Crippen LogP contribution in [-0.2, 0) is 30.4 Å². The number of hydrogen-bond acceptors (Lipinski definition) is 8. The molecule has 29 heavy (non-hydrogen) atoms. The molecular weight excluding hydrogens is 382 g/mol. The minimum atomic E-state index is -1.35. The van der Waals surface area contributed by atoms with E-state index in [1.165, 1.54) is 6.92 Å². The lowest BCUT2D eigenvalue weighted by Crippen LogP contribution is -2.64. The largest absolute Gasteiger partial charge is 0.461 e. The maximum absolute atomic E-state index is 11.8. The number of ether oxygens (including phenoxy) is 3. The molecule has 1 fully saturated rings. The predicted molar refractivity (Wildman–Crippen MR) is 101 cm³/mol. The molecule has 4 N–H and O–H groups in total. The van der Waals surface area contributed by atoms with Crippen LogP contribution in [0.4, 0.5) is 0 Å². The van der Waals surface area contributed by atoms with Crippen molar-refractivity contribution in [3.05, 3.63) is 35.9 Å². The number of carbonyl (C=O) groups excluding carboxylic acids is 2. The minimum Gasteiger partial charge on any atom is -0.461 e. The van der Waals surface area contributed by atoms with Crippen LogP contribution in [0.25, 0.3) is 0 Å². The normalized spacial score (nSPS) is 26.7. The van der Waals surface area contributed by atoms with Crippen molar-refractivity contribution in [1.82, 2.24) is 5.32 Å². The van der Waals surface area contributed by atoms with Crippen LogP contribution in [0.2, 0.25) is 0 Å². The van der Waals surface area contributed by atoms with Crippen LogP contribution in [0, 0.1) is 0 Å². The van der Waals surface area contributed by atoms with Crippen LogP contribution in [0.3, 0.4) is 0 Å². The molecule has 1 aromatic rings. The Kier molecular flexibility index (Phi) is 9.49. The van der Waals surface area contributed by atoms with Crippen molar-refractivity contribution >= 4 is 11.9 Å². The van der Waals surface area contributed by atoms with Gasteiger partial charge in [0.05, 0.1) is 6.61 Å². The molecule has 9 heteroatoms. The van der Waals surface area contributed by atoms with E-state index >= 15 is 0 Å². The summed E-state index contributed by atoms with van der Waals surface area (Å²) in [5, 5.41) is 31.9. The first-order valence-electron chi connectivity index (χ1n) is 9.63. The van der Waals surface area contributed by atoms with E-state index in [0.29, 0.717) is 12.8 Å². The number of carbonyl (C=O) groups is 2. The van der Waals surface area contributed by atoms with Crippen LogP contribution in [0.5, 0.6) is 0 Å². The topological polar surface area (TPSA) is 135 Å². The molecule has 5 atom stereocenters. The lowest BCUT2D eigenvalue weighted by Gasteiger charge is -2.42. The second kappa shape index (κ2) is 11.8. The van der Waals surface area contributed by atoms with E-state index in [4.69, 9.17) is 14.2 Å². The van der Waals surface area contributed by atoms with Gasteiger partial charge in [-0.25, -0.2) is 0 Å². The number of unbranched alkanes of at least 4 members (excludes halogenated alkanes) is 1. The van der Waals surface area contributed by atoms with Gasteiger partial charge < -0.3 is 34.8 Å². The summed E-state index contributed by atoms with van der Waals surface area (Å²) in [5.41, 5.74) is 0.918. The van der Waals surface area contributed by atoms with Crippen molar-refractivity contribution in [2.75, 3.05) is 13.2 Å². The highest BCUT2D eigenvalue weighted by molar-refractivity contribution is 5.73. The molecule has 1 saturated heterocycles. The summed E-state index contributed by atoms with van der Waals surface area (Å²) in [7, 11) is 0. The van der Waals surface area contributed by atoms with Crippen molar-refractivity contribution in [3.8, 4) is 0 Å². The van der Waals surface area contributed by atoms with Crippen molar-refractivity contribution in [2.45, 2.75) is 63.4 Å². The number of aliphatic hydroxyl groups excluding tert-OH is 3. The third-order valence-electron chi connectivity index (χ3n) is 4.55. The number of hydrogen-bond donors (Lipinski definition) is 4. The Labute approximate surface area is 169 Å². The van der Waals surface area contributed by atoms with E-state index in [9.17, 15) is 24.9 Å². The van der Waals surface area contributed by atoms with Gasteiger partial charge in [0, 0.05) is 20.0 Å². The second-order valence-corrected chi connectivity index (χ2v) is 6.91. The first-order chi connectivity index (χ1) is 13.9. The number of aliphatic hydroxyl groups is 3. The zero-order valence-electron chi connectivity index (χ0n) is 16.4. The Bertz CT molecular complexity index is 641. The summed E-state index contributed by atoms with van der Waals surface area (Å²) >= 11 is 0. The summed E-state index contributed by atoms with van der Waals surface area (Å²) in [6.07, 6.45) is -3.46. The van der Waals surface area contributed by atoms with Crippen LogP contribution in [-0.4, -0.2) is 71.1 Å². The van der Waals surface area contributed by atoms with Gasteiger partial charge in [0.2, 0.25) is 5.91 Å². The SMILES string of the molecule is CC(=O)NC1C(OCCCCC(=O)OCc2ccccc2)OC(CO)C(O)C1O. The Morgan fingerprint density at radius 2 is 1.86 bits per heavy atom. The fraction of sp³-hybridized carbons (Fsp3) is 0.600. The molecule has 2 rings (SSSR count). The molecule has 0 aliphatic carbocycles. The van der Waals surface area contributed by atoms with E-state index < -0.39 is 43.2 Å². The molecule has 0 bridgehead atoms. The summed E-state index contributed by atoms with van der Waals surface area (Å²) < 4.78 is 16.2. The van der Waals surface area contributed by atoms with Gasteiger partial charge >= 0.3 is 5.97 Å². The third-order valence-corrected chi connectivity index (χ3v) is 4.55. The fourth-order valence-electron chi connectivity index (χ4n) is 2.99. The van der Waals surface area contributed by atoms with Gasteiger partial charge in [-0.05, 0) is 18.4 Å². The quantitative estimate of drug-likeness (QED) is 0.309. The van der Waals surface area contributed by atoms with Crippen molar-refractivity contribution in [2.24, 2.45) is 0 Å². The highest BCUT2D eigenvalue weighted by Crippen LogP contribution is 2.22. The summed E-state index contributed by atoms with van der Waals surface area (Å²) in [6.45, 7) is 1.20. The van der Waals surface area contributed by atoms with Gasteiger partial charge in [0.15, 0.2) is 6.29 Å². The smallest absolute Gasteiger partial charge is 0.306 e. The van der Waals surface area contributed by atoms with E-state index in [1.807, 2.05) is 30.3 Å². The van der Waals surface area contributed by atoms with Gasteiger partial charge in [0.1, 0.15) is 31.0 Å². The van der Waals surface area contributed by atoms with Gasteiger partial charge in [-0.1, -0.05) is 30.3 Å². The number of amides is 1. The molecule has 0 aromatic heterocycles. The average molecular weight is 411 g/mol. The Balaban J connectivity index is 1.71. The van der Waals surface area contributed by atoms with E-state index in [0.717, 1.165) is 5.56 Å². The van der Waals surface area contributed by atoms with Crippen LogP contribution in [0.15, 0.2) is 30.3 Å². The standard InChI is InChI=1S/C20H29NO8/c1-13(23)21-17-19(26)18(25)15(11-22)29-20(17)27-10-6-5-9-16(24)28-12-14-7-3-2-4-8-14/h2-4,7-8,15,17-20,22,25-26H,5-6,9-12H2,1H3,(H,21,23). The lowest BCUT2D eigenvalue weighted by atomic mass is 9.97. The summed E-state index contributed by atoms with van der Waals surface area (Å²) in [6, 6.07) is 8.42. The Morgan fingerprint density at radius 3 is 2.52 bits per heavy atom. The third kappa shape index (κ3) is 7.37. The zero-order valence-corrected chi connectivity index (χ0v) is 16.4. The number of rotatable bonds is 10. The van der Waals surface area contributed by atoms with Crippen LogP contribution in [0.1, 0.15) is 31.7 Å². The van der Waals surface area contributed by atoms with Crippen LogP contribution >= 0.6 is 0 Å². The maximum atomic E-state index is 11.8. The second-order valence-electron chi connectivity index (χ2n) is 6.91. The number of esters is 1. The molecular formula is C20H29NO8. The highest BCUT2D eigenvalue weighted by atomic mass is 16.7. The predicted octanol–water partition coefficient (Wildman–Crippen LogP) is -0.140. The van der Waals surface area contributed by atoms with E-state index in [-0.39, 0.29) is 25.6 Å². The van der Waals surface area contributed by atoms with Crippen LogP contribution < -0.4 is 5.32 Å². The highest BCUT2D eigenvalue weighted by Gasteiger charge is 2.45. The van der Waals surface area contributed by atoms with Crippen molar-refractivity contribution in [1.29, 1.82) is 0 Å². The lowest BCUT2D eigenvalue weighted by molar-refractivity contribution is -0.270. The van der Waals surface area contributed by atoms with Gasteiger partial charge in [-0.3, -0.25) is 9.59 Å².